The van der Waals surface area contributed by atoms with Crippen LogP contribution in [0.15, 0.2) is 42.5 Å². The van der Waals surface area contributed by atoms with Gasteiger partial charge in [-0.15, -0.1) is 0 Å². The number of nitro benzene ring substituents is 1. The zero-order valence-electron chi connectivity index (χ0n) is 16.6. The van der Waals surface area contributed by atoms with Crippen LogP contribution in [0.4, 0.5) is 5.69 Å². The first-order valence-corrected chi connectivity index (χ1v) is 9.52. The van der Waals surface area contributed by atoms with Crippen molar-refractivity contribution in [2.45, 2.75) is 18.9 Å². The third-order valence-corrected chi connectivity index (χ3v) is 5.17. The average Bonchev–Trinajstić information content (AvgIpc) is 3.28. The first-order chi connectivity index (χ1) is 14.0. The van der Waals surface area contributed by atoms with Crippen molar-refractivity contribution in [1.82, 2.24) is 10.2 Å². The first kappa shape index (κ1) is 20.6. The number of nitrogens with one attached hydrogen (secondary N) is 1. The van der Waals surface area contributed by atoms with Crippen LogP contribution in [0.3, 0.4) is 0 Å². The molecule has 1 saturated heterocycles. The molecule has 1 N–H and O–H groups in total. The number of nitro groups is 1. The second kappa shape index (κ2) is 9.38. The SMILES string of the molecule is COc1ccc([N+](=O)[O-])cc1C(=O)NCC(c1ccccc1OC)N1CCCC1. The molecule has 1 atom stereocenters. The van der Waals surface area contributed by atoms with Crippen LogP contribution in [-0.2, 0) is 0 Å². The summed E-state index contributed by atoms with van der Waals surface area (Å²) in [6, 6.07) is 11.7. The van der Waals surface area contributed by atoms with Gasteiger partial charge in [-0.1, -0.05) is 18.2 Å². The molecule has 3 rings (SSSR count). The van der Waals surface area contributed by atoms with Gasteiger partial charge in [0.15, 0.2) is 0 Å². The van der Waals surface area contributed by atoms with Gasteiger partial charge in [-0.05, 0) is 38.1 Å². The Labute approximate surface area is 169 Å². The maximum atomic E-state index is 12.8. The second-order valence-electron chi connectivity index (χ2n) is 6.85. The van der Waals surface area contributed by atoms with E-state index in [0.29, 0.717) is 12.3 Å². The first-order valence-electron chi connectivity index (χ1n) is 9.52. The number of rotatable bonds is 8. The van der Waals surface area contributed by atoms with Crippen molar-refractivity contribution >= 4 is 11.6 Å². The van der Waals surface area contributed by atoms with Gasteiger partial charge in [0.1, 0.15) is 11.5 Å². The molecule has 1 amide bonds. The number of hydrogen-bond donors (Lipinski definition) is 1. The molecule has 2 aromatic carbocycles. The molecular formula is C21H25N3O5. The molecule has 0 aromatic heterocycles. The number of ether oxygens (including phenoxy) is 2. The second-order valence-corrected chi connectivity index (χ2v) is 6.85. The van der Waals surface area contributed by atoms with Gasteiger partial charge in [-0.25, -0.2) is 0 Å². The summed E-state index contributed by atoms with van der Waals surface area (Å²) in [5.41, 5.74) is 0.988. The van der Waals surface area contributed by atoms with Crippen LogP contribution in [-0.4, -0.2) is 49.6 Å². The van der Waals surface area contributed by atoms with Crippen LogP contribution in [0.2, 0.25) is 0 Å². The molecule has 0 saturated carbocycles. The van der Waals surface area contributed by atoms with Crippen molar-refractivity contribution in [1.29, 1.82) is 0 Å². The number of carbonyl (C=O) groups excluding carboxylic acids is 1. The number of hydrogen-bond acceptors (Lipinski definition) is 6. The van der Waals surface area contributed by atoms with E-state index < -0.39 is 10.8 Å². The molecule has 0 aliphatic carbocycles. The van der Waals surface area contributed by atoms with Gasteiger partial charge in [0.25, 0.3) is 11.6 Å². The quantitative estimate of drug-likeness (QED) is 0.541. The maximum Gasteiger partial charge on any atom is 0.270 e. The number of nitrogens with zero attached hydrogens (tertiary/aromatic N) is 2. The fourth-order valence-electron chi connectivity index (χ4n) is 3.70. The van der Waals surface area contributed by atoms with E-state index in [-0.39, 0.29) is 17.3 Å². The third-order valence-electron chi connectivity index (χ3n) is 5.17. The van der Waals surface area contributed by atoms with E-state index in [1.165, 1.54) is 25.3 Å². The van der Waals surface area contributed by atoms with E-state index in [4.69, 9.17) is 9.47 Å². The zero-order valence-corrected chi connectivity index (χ0v) is 16.6. The van der Waals surface area contributed by atoms with Crippen molar-refractivity contribution in [3.8, 4) is 11.5 Å². The molecule has 8 heteroatoms. The molecule has 0 spiro atoms. The summed E-state index contributed by atoms with van der Waals surface area (Å²) in [5.74, 6) is 0.652. The van der Waals surface area contributed by atoms with E-state index in [2.05, 4.69) is 10.2 Å². The number of para-hydroxylation sites is 1. The number of likely N-dealkylation sites (tertiary alicyclic amines) is 1. The molecule has 1 unspecified atom stereocenters. The van der Waals surface area contributed by atoms with Gasteiger partial charge in [0, 0.05) is 24.2 Å². The topological polar surface area (TPSA) is 93.9 Å². The van der Waals surface area contributed by atoms with Crippen molar-refractivity contribution in [3.63, 3.8) is 0 Å². The minimum absolute atomic E-state index is 0.0534. The maximum absolute atomic E-state index is 12.8. The van der Waals surface area contributed by atoms with Crippen molar-refractivity contribution in [2.75, 3.05) is 33.9 Å². The average molecular weight is 399 g/mol. The molecular weight excluding hydrogens is 374 g/mol. The lowest BCUT2D eigenvalue weighted by Crippen LogP contribution is -2.37. The van der Waals surface area contributed by atoms with Gasteiger partial charge < -0.3 is 14.8 Å². The Hall–Kier alpha value is -3.13. The lowest BCUT2D eigenvalue weighted by Gasteiger charge is -2.29. The summed E-state index contributed by atoms with van der Waals surface area (Å²) < 4.78 is 10.7. The van der Waals surface area contributed by atoms with Crippen molar-refractivity contribution in [2.24, 2.45) is 0 Å². The number of methoxy groups -OCH3 is 2. The number of benzene rings is 2. The highest BCUT2D eigenvalue weighted by atomic mass is 16.6. The Balaban J connectivity index is 1.83. The molecule has 0 bridgehead atoms. The summed E-state index contributed by atoms with van der Waals surface area (Å²) >= 11 is 0. The molecule has 154 valence electrons. The molecule has 1 aliphatic heterocycles. The highest BCUT2D eigenvalue weighted by Crippen LogP contribution is 2.31. The fraction of sp³-hybridized carbons (Fsp3) is 0.381. The summed E-state index contributed by atoms with van der Waals surface area (Å²) in [7, 11) is 3.06. The monoisotopic (exact) mass is 399 g/mol. The lowest BCUT2D eigenvalue weighted by molar-refractivity contribution is -0.384. The predicted octanol–water partition coefficient (Wildman–Crippen LogP) is 3.18. The molecule has 1 fully saturated rings. The van der Waals surface area contributed by atoms with Gasteiger partial charge in [-0.2, -0.15) is 0 Å². The molecule has 1 heterocycles. The highest BCUT2D eigenvalue weighted by molar-refractivity contribution is 5.97. The number of carbonyl (C=O) groups is 1. The van der Waals surface area contributed by atoms with Crippen LogP contribution >= 0.6 is 0 Å². The minimum Gasteiger partial charge on any atom is -0.496 e. The molecule has 1 aliphatic rings. The molecule has 2 aromatic rings. The Morgan fingerprint density at radius 3 is 2.48 bits per heavy atom. The summed E-state index contributed by atoms with van der Waals surface area (Å²) in [5, 5.41) is 14.0. The Morgan fingerprint density at radius 2 is 1.83 bits per heavy atom. The van der Waals surface area contributed by atoms with Crippen molar-refractivity contribution < 1.29 is 19.2 Å². The molecule has 8 nitrogen and oxygen atoms in total. The normalized spacial score (nSPS) is 15.0. The third kappa shape index (κ3) is 4.65. The standard InChI is InChI=1S/C21H25N3O5/c1-28-19-8-4-3-7-16(19)18(23-11-5-6-12-23)14-22-21(25)17-13-15(24(26)27)9-10-20(17)29-2/h3-4,7-10,13,18H,5-6,11-12,14H2,1-2H3,(H,22,25). The van der Waals surface area contributed by atoms with E-state index in [9.17, 15) is 14.9 Å². The van der Waals surface area contributed by atoms with Crippen LogP contribution in [0.5, 0.6) is 11.5 Å². The van der Waals surface area contributed by atoms with Crippen LogP contribution in [0.25, 0.3) is 0 Å². The Morgan fingerprint density at radius 1 is 1.14 bits per heavy atom. The Bertz CT molecular complexity index is 880. The van der Waals surface area contributed by atoms with Gasteiger partial charge in [0.2, 0.25) is 0 Å². The molecule has 29 heavy (non-hydrogen) atoms. The van der Waals surface area contributed by atoms with Gasteiger partial charge >= 0.3 is 0 Å². The summed E-state index contributed by atoms with van der Waals surface area (Å²) in [4.78, 5) is 25.7. The van der Waals surface area contributed by atoms with Crippen LogP contribution in [0.1, 0.15) is 34.8 Å². The fourth-order valence-corrected chi connectivity index (χ4v) is 3.70. The zero-order chi connectivity index (χ0) is 20.8. The largest absolute Gasteiger partial charge is 0.496 e. The number of non-ortho nitro benzene ring substituents is 1. The van der Waals surface area contributed by atoms with E-state index in [0.717, 1.165) is 37.2 Å². The minimum atomic E-state index is -0.530. The smallest absolute Gasteiger partial charge is 0.270 e. The molecule has 0 radical (unpaired) electrons. The van der Waals surface area contributed by atoms with Crippen LogP contribution < -0.4 is 14.8 Å². The van der Waals surface area contributed by atoms with Gasteiger partial charge in [-0.3, -0.25) is 19.8 Å². The number of amides is 1. The van der Waals surface area contributed by atoms with Gasteiger partial charge in [0.05, 0.1) is 30.7 Å². The van der Waals surface area contributed by atoms with Crippen LogP contribution in [0, 0.1) is 10.1 Å². The van der Waals surface area contributed by atoms with E-state index in [1.807, 2.05) is 24.3 Å². The highest BCUT2D eigenvalue weighted by Gasteiger charge is 2.27. The predicted molar refractivity (Wildman–Crippen MR) is 109 cm³/mol. The lowest BCUT2D eigenvalue weighted by atomic mass is 10.0. The van der Waals surface area contributed by atoms with E-state index >= 15 is 0 Å². The summed E-state index contributed by atoms with van der Waals surface area (Å²) in [6.45, 7) is 2.24. The van der Waals surface area contributed by atoms with Crippen molar-refractivity contribution in [3.05, 3.63) is 63.7 Å². The Kier molecular flexibility index (Phi) is 6.66. The van der Waals surface area contributed by atoms with E-state index in [1.54, 1.807) is 7.11 Å². The summed E-state index contributed by atoms with van der Waals surface area (Å²) in [6.07, 6.45) is 2.22.